The average Bonchev–Trinajstić information content (AvgIpc) is 2.02. The Kier molecular flexibility index (Phi) is 24.3. The molecule has 4 nitrogen and oxygen atoms in total. The minimum absolute atomic E-state index is 0. The highest BCUT2D eigenvalue weighted by Gasteiger charge is 1.80. The van der Waals surface area contributed by atoms with Crippen LogP contribution < -0.4 is 11.5 Å². The Hall–Kier alpha value is -0.680. The lowest BCUT2D eigenvalue weighted by Gasteiger charge is -1.87. The Morgan fingerprint density at radius 3 is 1.58 bits per heavy atom. The van der Waals surface area contributed by atoms with E-state index in [9.17, 15) is 4.79 Å². The maximum Gasteiger partial charge on any atom is 0.303 e. The zero-order valence-corrected chi connectivity index (χ0v) is 7.45. The Balaban J connectivity index is -0.000000126. The number of unbranched alkanes of at least 4 members (excludes halogenated alkanes) is 1. The van der Waals surface area contributed by atoms with Gasteiger partial charge in [0.1, 0.15) is 0 Å². The lowest BCUT2D eigenvalue weighted by Crippen LogP contribution is -2.03. The second-order valence-corrected chi connectivity index (χ2v) is 2.03. The largest absolute Gasteiger partial charge is 0.481 e. The second-order valence-electron chi connectivity index (χ2n) is 2.03. The number of hydrogen-bond donors (Lipinski definition) is 3. The van der Waals surface area contributed by atoms with Crippen molar-refractivity contribution in [2.75, 3.05) is 13.1 Å². The molecule has 0 amide bonds. The van der Waals surface area contributed by atoms with E-state index in [4.69, 9.17) is 16.6 Å². The van der Waals surface area contributed by atoms with E-state index in [0.29, 0.717) is 0 Å². The van der Waals surface area contributed by atoms with Gasteiger partial charge in [-0.1, -0.05) is 6.92 Å². The molecule has 0 aromatic carbocycles. The highest BCUT2D eigenvalue weighted by molar-refractivity contribution is 5.66. The van der Waals surface area contributed by atoms with Crippen LogP contribution in [0.4, 0.5) is 4.70 Å². The van der Waals surface area contributed by atoms with Gasteiger partial charge < -0.3 is 16.6 Å². The SMILES string of the molecule is CCC(=O)O.F.NCCCCN. The maximum absolute atomic E-state index is 9.37. The summed E-state index contributed by atoms with van der Waals surface area (Å²) in [7, 11) is 0. The van der Waals surface area contributed by atoms with Crippen LogP contribution in [0.1, 0.15) is 26.2 Å². The average molecular weight is 182 g/mol. The van der Waals surface area contributed by atoms with Crippen molar-refractivity contribution in [1.82, 2.24) is 0 Å². The zero-order valence-electron chi connectivity index (χ0n) is 7.45. The van der Waals surface area contributed by atoms with Crippen LogP contribution in [-0.2, 0) is 4.79 Å². The van der Waals surface area contributed by atoms with E-state index in [1.165, 1.54) is 0 Å². The number of hydrogen-bond acceptors (Lipinski definition) is 3. The van der Waals surface area contributed by atoms with Crippen molar-refractivity contribution in [2.24, 2.45) is 11.5 Å². The molecule has 5 N–H and O–H groups in total. The third-order valence-electron chi connectivity index (χ3n) is 0.961. The molecular formula is C7H19FN2O2. The number of carbonyl (C=O) groups is 1. The molecule has 0 aromatic heterocycles. The van der Waals surface area contributed by atoms with Gasteiger partial charge in [0.2, 0.25) is 0 Å². The molecule has 0 aliphatic rings. The van der Waals surface area contributed by atoms with Crippen molar-refractivity contribution >= 4 is 5.97 Å². The number of aliphatic carboxylic acids is 1. The molecule has 0 saturated heterocycles. The van der Waals surface area contributed by atoms with Crippen LogP contribution in [0.5, 0.6) is 0 Å². The molecule has 0 rings (SSSR count). The molecule has 0 aromatic rings. The molecular weight excluding hydrogens is 163 g/mol. The van der Waals surface area contributed by atoms with Gasteiger partial charge in [-0.3, -0.25) is 9.50 Å². The predicted molar refractivity (Wildman–Crippen MR) is 47.8 cm³/mol. The molecule has 0 radical (unpaired) electrons. The number of carboxylic acids is 1. The Morgan fingerprint density at radius 2 is 1.50 bits per heavy atom. The summed E-state index contributed by atoms with van der Waals surface area (Å²) < 4.78 is 0. The number of halogens is 1. The van der Waals surface area contributed by atoms with Crippen LogP contribution in [-0.4, -0.2) is 24.2 Å². The minimum Gasteiger partial charge on any atom is -0.481 e. The third kappa shape index (κ3) is 34.6. The van der Waals surface area contributed by atoms with Gasteiger partial charge in [-0.15, -0.1) is 0 Å². The lowest BCUT2D eigenvalue weighted by atomic mass is 10.3. The number of rotatable bonds is 4. The number of carboxylic acid groups (broad SMARTS) is 1. The summed E-state index contributed by atoms with van der Waals surface area (Å²) in [4.78, 5) is 9.37. The first-order valence-electron chi connectivity index (χ1n) is 3.80. The third-order valence-corrected chi connectivity index (χ3v) is 0.961. The van der Waals surface area contributed by atoms with Crippen molar-refractivity contribution in [2.45, 2.75) is 26.2 Å². The molecule has 0 fully saturated rings. The standard InChI is InChI=1S/C4H12N2.C3H6O2.FH/c5-3-1-2-4-6;1-2-3(4)5;/h1-6H2;2H2,1H3,(H,4,5);1H. The Bertz CT molecular complexity index is 87.5. The number of nitrogens with two attached hydrogens (primary N) is 2. The van der Waals surface area contributed by atoms with Gasteiger partial charge in [0.05, 0.1) is 0 Å². The maximum atomic E-state index is 9.37. The van der Waals surface area contributed by atoms with Crippen LogP contribution in [0, 0.1) is 0 Å². The highest BCUT2D eigenvalue weighted by Crippen LogP contribution is 1.77. The highest BCUT2D eigenvalue weighted by atomic mass is 19.0. The monoisotopic (exact) mass is 182 g/mol. The summed E-state index contributed by atoms with van der Waals surface area (Å²) in [6, 6.07) is 0. The van der Waals surface area contributed by atoms with Gasteiger partial charge in [0.15, 0.2) is 0 Å². The van der Waals surface area contributed by atoms with Gasteiger partial charge in [-0.05, 0) is 25.9 Å². The van der Waals surface area contributed by atoms with E-state index >= 15 is 0 Å². The molecule has 0 aliphatic carbocycles. The molecule has 0 unspecified atom stereocenters. The van der Waals surface area contributed by atoms with Crippen molar-refractivity contribution in [3.63, 3.8) is 0 Å². The lowest BCUT2D eigenvalue weighted by molar-refractivity contribution is -0.136. The summed E-state index contributed by atoms with van der Waals surface area (Å²) in [6.45, 7) is 3.15. The molecule has 0 atom stereocenters. The van der Waals surface area contributed by atoms with E-state index in [1.807, 2.05) is 0 Å². The molecule has 0 spiro atoms. The molecule has 76 valence electrons. The fourth-order valence-corrected chi connectivity index (χ4v) is 0.289. The topological polar surface area (TPSA) is 89.3 Å². The van der Waals surface area contributed by atoms with E-state index in [0.717, 1.165) is 25.9 Å². The first-order chi connectivity index (χ1) is 5.18. The van der Waals surface area contributed by atoms with Gasteiger partial charge in [0, 0.05) is 6.42 Å². The van der Waals surface area contributed by atoms with E-state index in [1.54, 1.807) is 6.92 Å². The van der Waals surface area contributed by atoms with E-state index in [-0.39, 0.29) is 11.1 Å². The molecule has 0 heterocycles. The fourth-order valence-electron chi connectivity index (χ4n) is 0.289. The van der Waals surface area contributed by atoms with Crippen LogP contribution in [0.25, 0.3) is 0 Å². The van der Waals surface area contributed by atoms with Crippen molar-refractivity contribution in [3.05, 3.63) is 0 Å². The first-order valence-corrected chi connectivity index (χ1v) is 3.80. The normalized spacial score (nSPS) is 7.58. The molecule has 0 saturated carbocycles. The van der Waals surface area contributed by atoms with Crippen LogP contribution >= 0.6 is 0 Å². The molecule has 5 heteroatoms. The fraction of sp³-hybridized carbons (Fsp3) is 0.857. The Morgan fingerprint density at radius 1 is 1.25 bits per heavy atom. The van der Waals surface area contributed by atoms with E-state index in [2.05, 4.69) is 0 Å². The predicted octanol–water partition coefficient (Wildman–Crippen LogP) is 0.318. The summed E-state index contributed by atoms with van der Waals surface area (Å²) in [5.41, 5.74) is 10.3. The van der Waals surface area contributed by atoms with Gasteiger partial charge in [-0.2, -0.15) is 0 Å². The summed E-state index contributed by atoms with van der Waals surface area (Å²) in [6.07, 6.45) is 2.35. The smallest absolute Gasteiger partial charge is 0.303 e. The Labute approximate surface area is 72.3 Å². The van der Waals surface area contributed by atoms with Crippen LogP contribution in [0.2, 0.25) is 0 Å². The quantitative estimate of drug-likeness (QED) is 0.546. The summed E-state index contributed by atoms with van der Waals surface area (Å²) in [5.74, 6) is -0.745. The zero-order chi connectivity index (χ0) is 9.11. The van der Waals surface area contributed by atoms with Gasteiger partial charge >= 0.3 is 5.97 Å². The van der Waals surface area contributed by atoms with Crippen LogP contribution in [0.15, 0.2) is 0 Å². The van der Waals surface area contributed by atoms with Crippen molar-refractivity contribution < 1.29 is 14.6 Å². The molecule has 0 aliphatic heterocycles. The van der Waals surface area contributed by atoms with Crippen molar-refractivity contribution in [3.8, 4) is 0 Å². The van der Waals surface area contributed by atoms with E-state index < -0.39 is 5.97 Å². The first kappa shape index (κ1) is 17.4. The second kappa shape index (κ2) is 16.7. The summed E-state index contributed by atoms with van der Waals surface area (Å²) in [5, 5.41) is 7.72. The van der Waals surface area contributed by atoms with Gasteiger partial charge in [-0.25, -0.2) is 0 Å². The van der Waals surface area contributed by atoms with Gasteiger partial charge in [0.25, 0.3) is 0 Å². The minimum atomic E-state index is -0.745. The molecule has 12 heavy (non-hydrogen) atoms. The van der Waals surface area contributed by atoms with Crippen molar-refractivity contribution in [1.29, 1.82) is 0 Å². The summed E-state index contributed by atoms with van der Waals surface area (Å²) >= 11 is 0. The molecule has 0 bridgehead atoms. The van der Waals surface area contributed by atoms with Crippen LogP contribution in [0.3, 0.4) is 0 Å².